The molecule has 0 saturated heterocycles. The summed E-state index contributed by atoms with van der Waals surface area (Å²) in [5.41, 5.74) is 4.01. The topological polar surface area (TPSA) is 46.5 Å². The van der Waals surface area contributed by atoms with E-state index in [1.165, 1.54) is 68.1 Å². The van der Waals surface area contributed by atoms with Gasteiger partial charge in [-0.2, -0.15) is 0 Å². The third-order valence-corrected chi connectivity index (χ3v) is 8.64. The van der Waals surface area contributed by atoms with Gasteiger partial charge in [0.1, 0.15) is 0 Å². The molecule has 193 valence electrons. The molecule has 1 radical (unpaired) electrons. The van der Waals surface area contributed by atoms with Crippen molar-refractivity contribution in [2.24, 2.45) is 0 Å². The van der Waals surface area contributed by atoms with Crippen molar-refractivity contribution in [1.29, 1.82) is 0 Å². The van der Waals surface area contributed by atoms with Gasteiger partial charge in [-0.05, 0) is 35.3 Å². The van der Waals surface area contributed by atoms with Crippen LogP contribution in [0.5, 0.6) is 0 Å². The van der Waals surface area contributed by atoms with E-state index in [9.17, 15) is 4.57 Å². The molecule has 1 N–H and O–H groups in total. The highest BCUT2D eigenvalue weighted by Crippen LogP contribution is 2.48. The van der Waals surface area contributed by atoms with Crippen LogP contribution in [0.4, 0.5) is 0 Å². The summed E-state index contributed by atoms with van der Waals surface area (Å²) < 4.78 is 15.0. The Hall–Kier alpha value is -1.97. The van der Waals surface area contributed by atoms with Crippen molar-refractivity contribution in [2.45, 2.75) is 69.0 Å². The number of unbranched alkanes of at least 4 members (excludes halogenated alkanes) is 9. The molecule has 3 aromatic rings. The van der Waals surface area contributed by atoms with Crippen molar-refractivity contribution in [3.63, 3.8) is 0 Å². The second-order valence-electron chi connectivity index (χ2n) is 9.23. The summed E-state index contributed by atoms with van der Waals surface area (Å²) in [4.78, 5) is 8.61. The average molecular weight is 524 g/mol. The predicted molar refractivity (Wildman–Crippen MR) is 154 cm³/mol. The Morgan fingerprint density at radius 3 is 1.33 bits per heavy atom. The summed E-state index contributed by atoms with van der Waals surface area (Å²) in [7, 11) is -2.43. The molecule has 0 saturated carbocycles. The summed E-state index contributed by atoms with van der Waals surface area (Å²) in [5.74, 6) is 1.13. The van der Waals surface area contributed by atoms with Crippen molar-refractivity contribution in [1.82, 2.24) is 0 Å². The number of benzene rings is 3. The summed E-state index contributed by atoms with van der Waals surface area (Å²) in [6.07, 6.45) is 12.1. The van der Waals surface area contributed by atoms with Crippen molar-refractivity contribution >= 4 is 20.0 Å². The van der Waals surface area contributed by atoms with E-state index in [1.54, 1.807) is 0 Å². The zero-order chi connectivity index (χ0) is 25.3. The molecule has 3 aromatic carbocycles. The Balaban J connectivity index is 1.46. The lowest BCUT2D eigenvalue weighted by atomic mass is 9.84. The number of hydrogen-bond acceptors (Lipinski definition) is 3. The van der Waals surface area contributed by atoms with E-state index in [4.69, 9.17) is 9.42 Å². The van der Waals surface area contributed by atoms with Crippen molar-refractivity contribution in [2.75, 3.05) is 12.4 Å². The van der Waals surface area contributed by atoms with E-state index < -0.39 is 8.25 Å². The number of hydrogen-bond donors (Lipinski definition) is 1. The molecular formula is C31H40O3PS. The molecule has 36 heavy (non-hydrogen) atoms. The van der Waals surface area contributed by atoms with Crippen LogP contribution in [0.25, 0.3) is 0 Å². The minimum Gasteiger partial charge on any atom is -0.298 e. The van der Waals surface area contributed by atoms with Crippen molar-refractivity contribution in [3.05, 3.63) is 108 Å². The first-order valence-electron chi connectivity index (χ1n) is 13.3. The van der Waals surface area contributed by atoms with Gasteiger partial charge in [-0.1, -0.05) is 142 Å². The van der Waals surface area contributed by atoms with Crippen LogP contribution in [-0.4, -0.2) is 17.3 Å². The molecule has 0 aliphatic heterocycles. The molecule has 5 heteroatoms. The average Bonchev–Trinajstić information content (AvgIpc) is 2.92. The molecule has 0 aromatic heterocycles. The minimum absolute atomic E-state index is 0.207. The van der Waals surface area contributed by atoms with Gasteiger partial charge >= 0.3 is 8.25 Å². The smallest absolute Gasteiger partial charge is 0.298 e. The Morgan fingerprint density at radius 2 is 0.944 bits per heavy atom. The summed E-state index contributed by atoms with van der Waals surface area (Å²) >= 11 is 2.07. The monoisotopic (exact) mass is 523 g/mol. The first kappa shape index (κ1) is 28.6. The Bertz CT molecular complexity index is 886. The van der Waals surface area contributed by atoms with Crippen LogP contribution < -0.4 is 0 Å². The fourth-order valence-corrected chi connectivity index (χ4v) is 6.60. The normalized spacial score (nSPS) is 12.0. The van der Waals surface area contributed by atoms with E-state index in [1.807, 2.05) is 0 Å². The fourth-order valence-electron chi connectivity index (χ4n) is 4.75. The van der Waals surface area contributed by atoms with Gasteiger partial charge in [0, 0.05) is 0 Å². The van der Waals surface area contributed by atoms with Crippen molar-refractivity contribution in [3.8, 4) is 0 Å². The highest BCUT2D eigenvalue weighted by Gasteiger charge is 2.36. The Morgan fingerprint density at radius 1 is 0.583 bits per heavy atom. The zero-order valence-electron chi connectivity index (χ0n) is 21.3. The van der Waals surface area contributed by atoms with E-state index in [-0.39, 0.29) is 4.75 Å². The minimum atomic E-state index is -2.43. The third kappa shape index (κ3) is 9.16. The summed E-state index contributed by atoms with van der Waals surface area (Å²) in [6.45, 7) is 0.393. The second kappa shape index (κ2) is 16.7. The van der Waals surface area contributed by atoms with Crippen LogP contribution in [0.3, 0.4) is 0 Å². The molecule has 3 rings (SSSR count). The highest BCUT2D eigenvalue weighted by atomic mass is 32.2. The van der Waals surface area contributed by atoms with Gasteiger partial charge < -0.3 is 0 Å². The maximum atomic E-state index is 10.5. The van der Waals surface area contributed by atoms with Crippen LogP contribution in [0, 0.1) is 0 Å². The van der Waals surface area contributed by atoms with Crippen LogP contribution in [0.2, 0.25) is 0 Å². The van der Waals surface area contributed by atoms with Crippen LogP contribution >= 0.6 is 20.0 Å². The SMILES string of the molecule is O=[P](O)OCCCCCCCCCCCCSC(c1ccccc1)(c1ccccc1)c1ccccc1. The fraction of sp³-hybridized carbons (Fsp3) is 0.419. The molecule has 0 aliphatic carbocycles. The Labute approximate surface area is 222 Å². The zero-order valence-corrected chi connectivity index (χ0v) is 23.0. The first-order chi connectivity index (χ1) is 17.7. The number of rotatable bonds is 18. The maximum Gasteiger partial charge on any atom is 0.366 e. The van der Waals surface area contributed by atoms with Crippen LogP contribution in [0.1, 0.15) is 80.9 Å². The van der Waals surface area contributed by atoms with Gasteiger partial charge in [-0.15, -0.1) is 11.8 Å². The van der Waals surface area contributed by atoms with Gasteiger partial charge in [0.2, 0.25) is 0 Å². The van der Waals surface area contributed by atoms with Gasteiger partial charge in [0.15, 0.2) is 0 Å². The van der Waals surface area contributed by atoms with Gasteiger partial charge in [0.05, 0.1) is 11.4 Å². The van der Waals surface area contributed by atoms with Gasteiger partial charge in [0.25, 0.3) is 0 Å². The van der Waals surface area contributed by atoms with Gasteiger partial charge in [-0.3, -0.25) is 9.42 Å². The van der Waals surface area contributed by atoms with Crippen molar-refractivity contribution < 1.29 is 14.0 Å². The number of thioether (sulfide) groups is 1. The molecule has 0 amide bonds. The van der Waals surface area contributed by atoms with E-state index in [2.05, 4.69) is 103 Å². The maximum absolute atomic E-state index is 10.5. The quantitative estimate of drug-likeness (QED) is 0.103. The molecule has 0 spiro atoms. The lowest BCUT2D eigenvalue weighted by molar-refractivity contribution is 0.273. The van der Waals surface area contributed by atoms with Gasteiger partial charge in [-0.25, -0.2) is 4.57 Å². The molecule has 0 heterocycles. The van der Waals surface area contributed by atoms with E-state index in [0.717, 1.165) is 18.6 Å². The third-order valence-electron chi connectivity index (χ3n) is 6.60. The molecular weight excluding hydrogens is 483 g/mol. The van der Waals surface area contributed by atoms with E-state index >= 15 is 0 Å². The molecule has 0 fully saturated rings. The standard InChI is InChI=1S/C31H40O3PS/c32-35(33)34-26-18-7-5-3-1-2-4-6-8-19-27-36-31(28-20-12-9-13-21-28,29-22-14-10-15-23-29)30-24-16-11-17-25-30/h9-17,20-25H,1-8,18-19,26-27H2,(H,32,33). The Kier molecular flexibility index (Phi) is 13.3. The lowest BCUT2D eigenvalue weighted by Gasteiger charge is -2.35. The summed E-state index contributed by atoms with van der Waals surface area (Å²) in [5, 5.41) is 0. The first-order valence-corrected chi connectivity index (χ1v) is 15.4. The molecule has 1 atom stereocenters. The molecule has 3 nitrogen and oxygen atoms in total. The summed E-state index contributed by atoms with van der Waals surface area (Å²) in [6, 6.07) is 32.9. The van der Waals surface area contributed by atoms with Crippen LogP contribution in [-0.2, 0) is 13.8 Å². The van der Waals surface area contributed by atoms with E-state index in [0.29, 0.717) is 6.61 Å². The molecule has 0 aliphatic rings. The largest absolute Gasteiger partial charge is 0.366 e. The van der Waals surface area contributed by atoms with Crippen LogP contribution in [0.15, 0.2) is 91.0 Å². The highest BCUT2D eigenvalue weighted by molar-refractivity contribution is 8.00. The molecule has 0 bridgehead atoms. The predicted octanol–water partition coefficient (Wildman–Crippen LogP) is 9.28. The molecule has 1 unspecified atom stereocenters. The second-order valence-corrected chi connectivity index (χ2v) is 11.3. The lowest BCUT2D eigenvalue weighted by Crippen LogP contribution is -2.26.